The second-order valence-electron chi connectivity index (χ2n) is 3.74. The quantitative estimate of drug-likeness (QED) is 0.748. The summed E-state index contributed by atoms with van der Waals surface area (Å²) in [4.78, 5) is 22.1. The van der Waals surface area contributed by atoms with Crippen LogP contribution in [0.4, 0.5) is 0 Å². The molecule has 0 aromatic carbocycles. The minimum atomic E-state index is -3.81. The summed E-state index contributed by atoms with van der Waals surface area (Å²) in [6.45, 7) is 4.57. The third kappa shape index (κ3) is 3.68. The standard InChI is InChI=1S/C8H14Cl3GeNO3/c1-4-8(3,12(9,10)11)6(7(15)16)13-5(2)14/h6H,4H2,1-3H3,(H,13,14)(H,15,16). The fraction of sp³-hybridized carbons (Fsp3) is 0.750. The summed E-state index contributed by atoms with van der Waals surface area (Å²) in [5.74, 6) is -1.64. The molecule has 0 saturated heterocycles. The van der Waals surface area contributed by atoms with Crippen molar-refractivity contribution in [2.45, 2.75) is 37.5 Å². The fourth-order valence-corrected chi connectivity index (χ4v) is 6.99. The second kappa shape index (κ2) is 5.80. The minimum absolute atomic E-state index is 0.376. The van der Waals surface area contributed by atoms with E-state index in [1.165, 1.54) is 6.92 Å². The van der Waals surface area contributed by atoms with Crippen molar-refractivity contribution in [3.05, 3.63) is 0 Å². The Morgan fingerprint density at radius 3 is 2.06 bits per heavy atom. The van der Waals surface area contributed by atoms with Crippen molar-refractivity contribution >= 4 is 52.4 Å². The van der Waals surface area contributed by atoms with Crippen LogP contribution in [0.25, 0.3) is 0 Å². The Bertz CT molecular complexity index is 295. The first-order valence-electron chi connectivity index (χ1n) is 4.63. The first kappa shape index (κ1) is 16.4. The fourth-order valence-electron chi connectivity index (χ4n) is 1.27. The molecule has 2 unspecified atom stereocenters. The van der Waals surface area contributed by atoms with Crippen molar-refractivity contribution in [2.75, 3.05) is 0 Å². The first-order valence-corrected chi connectivity index (χ1v) is 13.9. The zero-order valence-corrected chi connectivity index (χ0v) is 13.5. The first-order chi connectivity index (χ1) is 7.06. The molecule has 0 saturated carbocycles. The van der Waals surface area contributed by atoms with Crippen LogP contribution in [0, 0.1) is 0 Å². The molecule has 2 atom stereocenters. The maximum atomic E-state index is 11.1. The molecule has 0 radical (unpaired) electrons. The normalized spacial score (nSPS) is 17.4. The number of rotatable bonds is 5. The molecule has 0 heterocycles. The molecule has 8 heteroatoms. The molecule has 0 spiro atoms. The van der Waals surface area contributed by atoms with E-state index < -0.39 is 32.6 Å². The molecule has 1 amide bonds. The van der Waals surface area contributed by atoms with Crippen LogP contribution in [0.5, 0.6) is 0 Å². The molecular formula is C8H14Cl3GeNO3. The molecule has 16 heavy (non-hydrogen) atoms. The van der Waals surface area contributed by atoms with E-state index in [9.17, 15) is 9.59 Å². The topological polar surface area (TPSA) is 66.4 Å². The number of carbonyl (C=O) groups is 2. The maximum absolute atomic E-state index is 11.1. The Morgan fingerprint density at radius 2 is 1.88 bits per heavy atom. The van der Waals surface area contributed by atoms with E-state index in [1.807, 2.05) is 0 Å². The zero-order valence-electron chi connectivity index (χ0n) is 9.18. The van der Waals surface area contributed by atoms with Gasteiger partial charge in [-0.1, -0.05) is 0 Å². The van der Waals surface area contributed by atoms with Gasteiger partial charge in [0.05, 0.1) is 0 Å². The number of carboxylic acids is 1. The average molecular weight is 351 g/mol. The van der Waals surface area contributed by atoms with Crippen molar-refractivity contribution in [3.8, 4) is 0 Å². The van der Waals surface area contributed by atoms with Gasteiger partial charge in [-0.05, 0) is 0 Å². The van der Waals surface area contributed by atoms with Crippen LogP contribution >= 0.6 is 30.0 Å². The van der Waals surface area contributed by atoms with Crippen LogP contribution in [0.2, 0.25) is 4.25 Å². The number of hydrogen-bond acceptors (Lipinski definition) is 2. The number of amides is 1. The van der Waals surface area contributed by atoms with E-state index in [1.54, 1.807) is 13.8 Å². The van der Waals surface area contributed by atoms with E-state index in [0.717, 1.165) is 0 Å². The predicted octanol–water partition coefficient (Wildman–Crippen LogP) is 2.40. The summed E-state index contributed by atoms with van der Waals surface area (Å²) in [6.07, 6.45) is 0.376. The molecular weight excluding hydrogens is 337 g/mol. The van der Waals surface area contributed by atoms with Crippen LogP contribution in [0.1, 0.15) is 27.2 Å². The molecule has 0 aromatic heterocycles. The average Bonchev–Trinajstić information content (AvgIpc) is 2.10. The predicted molar refractivity (Wildman–Crippen MR) is 67.2 cm³/mol. The zero-order chi connectivity index (χ0) is 13.1. The second-order valence-corrected chi connectivity index (χ2v) is 20.1. The van der Waals surface area contributed by atoms with E-state index in [2.05, 4.69) is 5.32 Å². The van der Waals surface area contributed by atoms with Crippen LogP contribution in [0.3, 0.4) is 0 Å². The summed E-state index contributed by atoms with van der Waals surface area (Å²) in [5, 5.41) is 11.4. The molecule has 0 bridgehead atoms. The number of hydrogen-bond donors (Lipinski definition) is 2. The number of carbonyl (C=O) groups excluding carboxylic acids is 1. The Labute approximate surface area is 110 Å². The molecule has 0 aliphatic carbocycles. The molecule has 2 N–H and O–H groups in total. The summed E-state index contributed by atoms with van der Waals surface area (Å²) in [5.41, 5.74) is 0. The number of halogens is 3. The van der Waals surface area contributed by atoms with Gasteiger partial charge in [-0.25, -0.2) is 0 Å². The number of carboxylic acid groups (broad SMARTS) is 1. The van der Waals surface area contributed by atoms with Crippen molar-refractivity contribution in [2.24, 2.45) is 0 Å². The number of aliphatic carboxylic acids is 1. The molecule has 0 aliphatic rings. The third-order valence-electron chi connectivity index (χ3n) is 2.61. The molecule has 0 aromatic rings. The van der Waals surface area contributed by atoms with Gasteiger partial charge in [-0.15, -0.1) is 0 Å². The van der Waals surface area contributed by atoms with Gasteiger partial charge >= 0.3 is 110 Å². The number of nitrogens with one attached hydrogen (secondary N) is 1. The van der Waals surface area contributed by atoms with E-state index in [4.69, 9.17) is 35.1 Å². The summed E-state index contributed by atoms with van der Waals surface area (Å²) < 4.78 is -0.998. The third-order valence-corrected chi connectivity index (χ3v) is 13.4. The molecule has 94 valence electrons. The van der Waals surface area contributed by atoms with Crippen molar-refractivity contribution in [1.82, 2.24) is 5.32 Å². The SMILES string of the molecule is CC[C](C)(C(NC(C)=O)C(=O)O)[Ge]([Cl])([Cl])[Cl]. The Morgan fingerprint density at radius 1 is 1.44 bits per heavy atom. The van der Waals surface area contributed by atoms with Crippen LogP contribution in [-0.4, -0.2) is 33.5 Å². The Balaban J connectivity index is 5.29. The van der Waals surface area contributed by atoms with Gasteiger partial charge < -0.3 is 0 Å². The van der Waals surface area contributed by atoms with Gasteiger partial charge in [0.2, 0.25) is 0 Å². The van der Waals surface area contributed by atoms with Crippen LogP contribution < -0.4 is 5.32 Å². The summed E-state index contributed by atoms with van der Waals surface area (Å²) >= 11 is 0. The van der Waals surface area contributed by atoms with E-state index in [0.29, 0.717) is 6.42 Å². The van der Waals surface area contributed by atoms with Crippen LogP contribution in [-0.2, 0) is 9.59 Å². The van der Waals surface area contributed by atoms with Crippen molar-refractivity contribution in [1.29, 1.82) is 0 Å². The van der Waals surface area contributed by atoms with E-state index >= 15 is 0 Å². The Hall–Kier alpha value is 0.353. The van der Waals surface area contributed by atoms with Gasteiger partial charge in [-0.3, -0.25) is 0 Å². The van der Waals surface area contributed by atoms with E-state index in [-0.39, 0.29) is 0 Å². The molecule has 0 rings (SSSR count). The van der Waals surface area contributed by atoms with Gasteiger partial charge in [-0.2, -0.15) is 0 Å². The molecule has 4 nitrogen and oxygen atoms in total. The van der Waals surface area contributed by atoms with Gasteiger partial charge in [0.15, 0.2) is 0 Å². The van der Waals surface area contributed by atoms with Gasteiger partial charge in [0.1, 0.15) is 0 Å². The molecule has 0 aliphatic heterocycles. The van der Waals surface area contributed by atoms with Crippen molar-refractivity contribution < 1.29 is 14.7 Å². The Kier molecular flexibility index (Phi) is 5.93. The van der Waals surface area contributed by atoms with Gasteiger partial charge in [0.25, 0.3) is 0 Å². The monoisotopic (exact) mass is 351 g/mol. The molecule has 0 fully saturated rings. The van der Waals surface area contributed by atoms with Gasteiger partial charge in [0, 0.05) is 0 Å². The van der Waals surface area contributed by atoms with Crippen molar-refractivity contribution in [3.63, 3.8) is 0 Å². The summed E-state index contributed by atoms with van der Waals surface area (Å²) in [7, 11) is 14.1. The summed E-state index contributed by atoms with van der Waals surface area (Å²) in [6, 6.07) is -1.16. The van der Waals surface area contributed by atoms with Crippen LogP contribution in [0.15, 0.2) is 0 Å².